The number of hydrogen-bond acceptors (Lipinski definition) is 5. The molecule has 0 saturated heterocycles. The van der Waals surface area contributed by atoms with Crippen molar-refractivity contribution in [3.63, 3.8) is 0 Å². The summed E-state index contributed by atoms with van der Waals surface area (Å²) in [5.74, 6) is -1.08. The van der Waals surface area contributed by atoms with Crippen LogP contribution in [0.4, 0.5) is 4.79 Å². The van der Waals surface area contributed by atoms with Gasteiger partial charge in [-0.2, -0.15) is 0 Å². The second-order valence-corrected chi connectivity index (χ2v) is 6.01. The lowest BCUT2D eigenvalue weighted by Gasteiger charge is -2.25. The highest BCUT2D eigenvalue weighted by Gasteiger charge is 2.26. The zero-order valence-corrected chi connectivity index (χ0v) is 13.6. The van der Waals surface area contributed by atoms with Crippen molar-refractivity contribution in [1.29, 1.82) is 0 Å². The molecule has 0 fully saturated rings. The Morgan fingerprint density at radius 3 is 2.33 bits per heavy atom. The quantitative estimate of drug-likeness (QED) is 0.323. The third-order valence-corrected chi connectivity index (χ3v) is 2.59. The van der Waals surface area contributed by atoms with E-state index < -0.39 is 29.8 Å². The highest BCUT2D eigenvalue weighted by atomic mass is 16.6. The summed E-state index contributed by atoms with van der Waals surface area (Å²) in [6.07, 6.45) is 1.83. The predicted octanol–water partition coefficient (Wildman–Crippen LogP) is 2.80. The Balaban J connectivity index is 4.49. The number of rotatable bonds is 8. The molecular formula is C15H27NO5. The second kappa shape index (κ2) is 9.37. The average molecular weight is 301 g/mol. The van der Waals surface area contributed by atoms with Gasteiger partial charge in [0.15, 0.2) is 6.23 Å². The topological polar surface area (TPSA) is 81.7 Å². The first-order chi connectivity index (χ1) is 9.69. The first kappa shape index (κ1) is 19.4. The molecule has 122 valence electrons. The van der Waals surface area contributed by atoms with Crippen molar-refractivity contribution in [1.82, 2.24) is 5.32 Å². The second-order valence-electron chi connectivity index (χ2n) is 6.01. The van der Waals surface area contributed by atoms with Gasteiger partial charge in [-0.05, 0) is 27.2 Å². The Morgan fingerprint density at radius 1 is 1.24 bits per heavy atom. The molecule has 0 saturated carbocycles. The normalized spacial score (nSPS) is 14.0. The first-order valence-electron chi connectivity index (χ1n) is 7.34. The standard InChI is InChI=1S/C15H27NO5/c1-6-7-8-9-12(18)20-13(11(2)10-17)16-14(19)21-15(3,4)5/h10-11,13H,6-9H2,1-5H3,(H,16,19). The molecule has 0 heterocycles. The molecule has 2 atom stereocenters. The predicted molar refractivity (Wildman–Crippen MR) is 78.6 cm³/mol. The Kier molecular flexibility index (Phi) is 8.66. The molecule has 0 bridgehead atoms. The van der Waals surface area contributed by atoms with Crippen LogP contribution in [0.5, 0.6) is 0 Å². The van der Waals surface area contributed by atoms with Crippen LogP contribution >= 0.6 is 0 Å². The summed E-state index contributed by atoms with van der Waals surface area (Å²) in [5, 5.41) is 2.41. The number of carbonyl (C=O) groups is 3. The van der Waals surface area contributed by atoms with E-state index in [0.717, 1.165) is 19.3 Å². The fraction of sp³-hybridized carbons (Fsp3) is 0.800. The molecule has 0 rings (SSSR count). The van der Waals surface area contributed by atoms with Crippen molar-refractivity contribution in [2.45, 2.75) is 72.1 Å². The minimum Gasteiger partial charge on any atom is -0.444 e. The molecule has 0 aliphatic heterocycles. The molecule has 0 aliphatic rings. The van der Waals surface area contributed by atoms with Gasteiger partial charge in [-0.1, -0.05) is 26.7 Å². The van der Waals surface area contributed by atoms with Crippen molar-refractivity contribution >= 4 is 18.3 Å². The maximum absolute atomic E-state index is 11.7. The molecule has 0 aromatic carbocycles. The third-order valence-electron chi connectivity index (χ3n) is 2.59. The smallest absolute Gasteiger partial charge is 0.410 e. The third kappa shape index (κ3) is 9.87. The molecule has 0 radical (unpaired) electrons. The molecule has 0 aromatic heterocycles. The molecule has 1 N–H and O–H groups in total. The van der Waals surface area contributed by atoms with Crippen LogP contribution < -0.4 is 5.32 Å². The largest absolute Gasteiger partial charge is 0.444 e. The molecule has 1 amide bonds. The minimum atomic E-state index is -1.01. The van der Waals surface area contributed by atoms with Crippen LogP contribution in [0.2, 0.25) is 0 Å². The number of esters is 1. The van der Waals surface area contributed by atoms with Crippen molar-refractivity contribution in [2.24, 2.45) is 5.92 Å². The summed E-state index contributed by atoms with van der Waals surface area (Å²) < 4.78 is 10.2. The van der Waals surface area contributed by atoms with Gasteiger partial charge in [0.05, 0.1) is 5.92 Å². The Bertz CT molecular complexity index is 348. The van der Waals surface area contributed by atoms with Crippen molar-refractivity contribution in [2.75, 3.05) is 0 Å². The van der Waals surface area contributed by atoms with Crippen LogP contribution in [-0.2, 0) is 19.1 Å². The number of unbranched alkanes of at least 4 members (excludes halogenated alkanes) is 2. The van der Waals surface area contributed by atoms with E-state index in [1.807, 2.05) is 6.92 Å². The number of amides is 1. The van der Waals surface area contributed by atoms with E-state index in [1.54, 1.807) is 27.7 Å². The van der Waals surface area contributed by atoms with Crippen molar-refractivity contribution in [3.8, 4) is 0 Å². The molecule has 6 nitrogen and oxygen atoms in total. The van der Waals surface area contributed by atoms with Gasteiger partial charge in [0, 0.05) is 6.42 Å². The number of ether oxygens (including phenoxy) is 2. The number of carbonyl (C=O) groups excluding carboxylic acids is 3. The van der Waals surface area contributed by atoms with Crippen LogP contribution in [-0.4, -0.2) is 30.2 Å². The van der Waals surface area contributed by atoms with E-state index >= 15 is 0 Å². The van der Waals surface area contributed by atoms with Gasteiger partial charge in [0.25, 0.3) is 0 Å². The summed E-state index contributed by atoms with van der Waals surface area (Å²) in [4.78, 5) is 34.2. The summed E-state index contributed by atoms with van der Waals surface area (Å²) in [6, 6.07) is 0. The van der Waals surface area contributed by atoms with Gasteiger partial charge in [-0.25, -0.2) is 4.79 Å². The lowest BCUT2D eigenvalue weighted by atomic mass is 10.1. The van der Waals surface area contributed by atoms with Crippen LogP contribution in [0.25, 0.3) is 0 Å². The molecule has 0 aliphatic carbocycles. The average Bonchev–Trinajstić information content (AvgIpc) is 2.35. The zero-order valence-electron chi connectivity index (χ0n) is 13.6. The van der Waals surface area contributed by atoms with E-state index in [4.69, 9.17) is 9.47 Å². The molecule has 0 spiro atoms. The molecule has 21 heavy (non-hydrogen) atoms. The fourth-order valence-corrected chi connectivity index (χ4v) is 1.48. The van der Waals surface area contributed by atoms with Crippen LogP contribution in [0.15, 0.2) is 0 Å². The maximum atomic E-state index is 11.7. The summed E-state index contributed by atoms with van der Waals surface area (Å²) in [5.41, 5.74) is -0.663. The van der Waals surface area contributed by atoms with E-state index in [9.17, 15) is 14.4 Å². The van der Waals surface area contributed by atoms with Crippen LogP contribution in [0.1, 0.15) is 60.3 Å². The molecular weight excluding hydrogens is 274 g/mol. The first-order valence-corrected chi connectivity index (χ1v) is 7.34. The van der Waals surface area contributed by atoms with E-state index in [0.29, 0.717) is 6.29 Å². The van der Waals surface area contributed by atoms with Crippen molar-refractivity contribution in [3.05, 3.63) is 0 Å². The summed E-state index contributed by atoms with van der Waals surface area (Å²) in [7, 11) is 0. The van der Waals surface area contributed by atoms with Gasteiger partial charge in [-0.3, -0.25) is 10.1 Å². The van der Waals surface area contributed by atoms with Gasteiger partial charge in [-0.15, -0.1) is 0 Å². The number of alkyl carbamates (subject to hydrolysis) is 1. The SMILES string of the molecule is CCCCCC(=O)OC(NC(=O)OC(C)(C)C)C(C)C=O. The maximum Gasteiger partial charge on any atom is 0.410 e. The monoisotopic (exact) mass is 301 g/mol. The Morgan fingerprint density at radius 2 is 1.86 bits per heavy atom. The van der Waals surface area contributed by atoms with Gasteiger partial charge >= 0.3 is 12.1 Å². The van der Waals surface area contributed by atoms with E-state index in [2.05, 4.69) is 5.32 Å². The molecule has 0 aromatic rings. The summed E-state index contributed by atoms with van der Waals surface area (Å²) >= 11 is 0. The van der Waals surface area contributed by atoms with Gasteiger partial charge in [0.2, 0.25) is 0 Å². The van der Waals surface area contributed by atoms with E-state index in [-0.39, 0.29) is 6.42 Å². The number of aldehydes is 1. The highest BCUT2D eigenvalue weighted by molar-refractivity contribution is 5.72. The van der Waals surface area contributed by atoms with Gasteiger partial charge < -0.3 is 14.3 Å². The highest BCUT2D eigenvalue weighted by Crippen LogP contribution is 2.10. The molecule has 6 heteroatoms. The van der Waals surface area contributed by atoms with Gasteiger partial charge in [0.1, 0.15) is 11.9 Å². The van der Waals surface area contributed by atoms with E-state index in [1.165, 1.54) is 0 Å². The molecule has 2 unspecified atom stereocenters. The summed E-state index contributed by atoms with van der Waals surface area (Å²) in [6.45, 7) is 8.77. The Hall–Kier alpha value is -1.59. The number of nitrogens with one attached hydrogen (secondary N) is 1. The number of hydrogen-bond donors (Lipinski definition) is 1. The lowest BCUT2D eigenvalue weighted by Crippen LogP contribution is -2.45. The van der Waals surface area contributed by atoms with Crippen molar-refractivity contribution < 1.29 is 23.9 Å². The van der Waals surface area contributed by atoms with Crippen LogP contribution in [0.3, 0.4) is 0 Å². The zero-order chi connectivity index (χ0) is 16.5. The lowest BCUT2D eigenvalue weighted by molar-refractivity contribution is -0.153. The van der Waals surface area contributed by atoms with Crippen LogP contribution in [0, 0.1) is 5.92 Å². The minimum absolute atomic E-state index is 0.270. The fourth-order valence-electron chi connectivity index (χ4n) is 1.48. The Labute approximate surface area is 126 Å².